The third kappa shape index (κ3) is 5.85. The van der Waals surface area contributed by atoms with Gasteiger partial charge in [-0.15, -0.1) is 24.0 Å². The Morgan fingerprint density at radius 2 is 1.76 bits per heavy atom. The maximum absolute atomic E-state index is 12.8. The molecule has 1 heterocycles. The summed E-state index contributed by atoms with van der Waals surface area (Å²) in [5, 5.41) is 6.38. The second kappa shape index (κ2) is 10.8. The molecule has 0 saturated carbocycles. The minimum atomic E-state index is -3.37. The highest BCUT2D eigenvalue weighted by atomic mass is 127. The van der Waals surface area contributed by atoms with E-state index in [0.717, 1.165) is 24.1 Å². The van der Waals surface area contributed by atoms with E-state index in [0.29, 0.717) is 25.6 Å². The smallest absolute Gasteiger partial charge is 0.236 e. The summed E-state index contributed by atoms with van der Waals surface area (Å²) in [5.74, 6) is 0.621. The first-order valence-electron chi connectivity index (χ1n) is 9.64. The van der Waals surface area contributed by atoms with Gasteiger partial charge in [0.15, 0.2) is 5.96 Å². The molecular formula is C21H29IN4O2S. The van der Waals surface area contributed by atoms with Crippen molar-refractivity contribution in [2.45, 2.75) is 26.3 Å². The number of para-hydroxylation sites is 1. The Kier molecular flexibility index (Phi) is 8.76. The topological polar surface area (TPSA) is 73.8 Å². The van der Waals surface area contributed by atoms with Crippen molar-refractivity contribution in [2.24, 2.45) is 4.99 Å². The van der Waals surface area contributed by atoms with Crippen molar-refractivity contribution in [1.82, 2.24) is 10.6 Å². The number of anilines is 1. The molecule has 2 N–H and O–H groups in total. The van der Waals surface area contributed by atoms with Crippen molar-refractivity contribution in [3.8, 4) is 0 Å². The van der Waals surface area contributed by atoms with Crippen LogP contribution in [0.25, 0.3) is 0 Å². The lowest BCUT2D eigenvalue weighted by Gasteiger charge is -2.20. The van der Waals surface area contributed by atoms with E-state index in [4.69, 9.17) is 0 Å². The molecule has 29 heavy (non-hydrogen) atoms. The summed E-state index contributed by atoms with van der Waals surface area (Å²) in [6, 6.07) is 16.0. The summed E-state index contributed by atoms with van der Waals surface area (Å²) in [4.78, 5) is 4.20. The van der Waals surface area contributed by atoms with Gasteiger partial charge in [0.1, 0.15) is 0 Å². The fourth-order valence-corrected chi connectivity index (χ4v) is 4.91. The van der Waals surface area contributed by atoms with Crippen molar-refractivity contribution in [2.75, 3.05) is 30.2 Å². The number of fused-ring (bicyclic) bond motifs is 1. The van der Waals surface area contributed by atoms with Gasteiger partial charge in [0.2, 0.25) is 10.0 Å². The Morgan fingerprint density at radius 1 is 1.07 bits per heavy atom. The first kappa shape index (κ1) is 23.5. The standard InChI is InChI=1S/C21H28N4O2S.HI/c1-3-17-8-4-5-10-19(17)16-24-21(22-2)23-13-15-28(26,27)25-14-12-18-9-6-7-11-20(18)25;/h4-11H,3,12-16H2,1-2H3,(H2,22,23,24);1H. The maximum Gasteiger partial charge on any atom is 0.236 e. The molecule has 3 rings (SSSR count). The number of hydrogen-bond donors (Lipinski definition) is 2. The molecule has 0 amide bonds. The molecule has 2 aromatic carbocycles. The van der Waals surface area contributed by atoms with Crippen LogP contribution < -0.4 is 14.9 Å². The van der Waals surface area contributed by atoms with E-state index < -0.39 is 10.0 Å². The number of nitrogens with zero attached hydrogens (tertiary/aromatic N) is 2. The fourth-order valence-electron chi connectivity index (χ4n) is 3.48. The van der Waals surface area contributed by atoms with E-state index in [2.05, 4.69) is 34.7 Å². The van der Waals surface area contributed by atoms with E-state index in [1.807, 2.05) is 36.4 Å². The van der Waals surface area contributed by atoms with Crippen LogP contribution in [0.3, 0.4) is 0 Å². The van der Waals surface area contributed by atoms with E-state index in [1.54, 1.807) is 7.05 Å². The fraction of sp³-hybridized carbons (Fsp3) is 0.381. The highest BCUT2D eigenvalue weighted by Crippen LogP contribution is 2.29. The Bertz CT molecular complexity index is 947. The summed E-state index contributed by atoms with van der Waals surface area (Å²) in [7, 11) is -1.68. The van der Waals surface area contributed by atoms with Gasteiger partial charge in [0.05, 0.1) is 11.4 Å². The van der Waals surface area contributed by atoms with Crippen molar-refractivity contribution in [3.63, 3.8) is 0 Å². The number of benzene rings is 2. The molecule has 0 aromatic heterocycles. The third-order valence-electron chi connectivity index (χ3n) is 5.00. The Labute approximate surface area is 190 Å². The highest BCUT2D eigenvalue weighted by molar-refractivity contribution is 14.0. The Hall–Kier alpha value is -1.81. The number of nitrogens with one attached hydrogen (secondary N) is 2. The monoisotopic (exact) mass is 528 g/mol. The van der Waals surface area contributed by atoms with Crippen LogP contribution in [0.4, 0.5) is 5.69 Å². The normalized spacial score (nSPS) is 13.6. The zero-order valence-corrected chi connectivity index (χ0v) is 20.0. The predicted octanol–water partition coefficient (Wildman–Crippen LogP) is 2.92. The van der Waals surface area contributed by atoms with Gasteiger partial charge in [-0.1, -0.05) is 49.4 Å². The lowest BCUT2D eigenvalue weighted by Crippen LogP contribution is -2.41. The predicted molar refractivity (Wildman–Crippen MR) is 131 cm³/mol. The second-order valence-electron chi connectivity index (χ2n) is 6.74. The summed E-state index contributed by atoms with van der Waals surface area (Å²) >= 11 is 0. The first-order chi connectivity index (χ1) is 13.5. The number of rotatable bonds is 7. The molecule has 0 aliphatic carbocycles. The van der Waals surface area contributed by atoms with Crippen molar-refractivity contribution >= 4 is 45.6 Å². The van der Waals surface area contributed by atoms with E-state index in [1.165, 1.54) is 15.4 Å². The molecule has 0 radical (unpaired) electrons. The van der Waals surface area contributed by atoms with E-state index in [-0.39, 0.29) is 29.7 Å². The summed E-state index contributed by atoms with van der Waals surface area (Å²) < 4.78 is 27.0. The third-order valence-corrected chi connectivity index (χ3v) is 6.77. The molecule has 1 aliphatic heterocycles. The van der Waals surface area contributed by atoms with Crippen LogP contribution >= 0.6 is 24.0 Å². The zero-order chi connectivity index (χ0) is 20.0. The van der Waals surface area contributed by atoms with E-state index in [9.17, 15) is 8.42 Å². The summed E-state index contributed by atoms with van der Waals surface area (Å²) in [6.07, 6.45) is 1.74. The number of hydrogen-bond acceptors (Lipinski definition) is 3. The molecule has 2 aromatic rings. The summed E-state index contributed by atoms with van der Waals surface area (Å²) in [6.45, 7) is 3.60. The average molecular weight is 528 g/mol. The van der Waals surface area contributed by atoms with Crippen molar-refractivity contribution in [1.29, 1.82) is 0 Å². The lowest BCUT2D eigenvalue weighted by molar-refractivity contribution is 0.591. The number of sulfonamides is 1. The van der Waals surface area contributed by atoms with Crippen molar-refractivity contribution in [3.05, 3.63) is 65.2 Å². The number of aryl methyl sites for hydroxylation is 1. The number of aliphatic imine (C=N–C) groups is 1. The molecular weight excluding hydrogens is 499 g/mol. The van der Waals surface area contributed by atoms with Gasteiger partial charge in [0, 0.05) is 26.7 Å². The zero-order valence-electron chi connectivity index (χ0n) is 16.9. The van der Waals surface area contributed by atoms with Gasteiger partial charge in [0.25, 0.3) is 0 Å². The van der Waals surface area contributed by atoms with Gasteiger partial charge in [-0.2, -0.15) is 0 Å². The second-order valence-corrected chi connectivity index (χ2v) is 8.75. The van der Waals surface area contributed by atoms with Crippen LogP contribution in [-0.2, 0) is 29.4 Å². The van der Waals surface area contributed by atoms with Crippen LogP contribution in [0.2, 0.25) is 0 Å². The highest BCUT2D eigenvalue weighted by Gasteiger charge is 2.28. The summed E-state index contributed by atoms with van der Waals surface area (Å²) in [5.41, 5.74) is 4.40. The molecule has 8 heteroatoms. The minimum absolute atomic E-state index is 0. The van der Waals surface area contributed by atoms with Gasteiger partial charge in [-0.3, -0.25) is 9.30 Å². The average Bonchev–Trinajstić information content (AvgIpc) is 3.16. The first-order valence-corrected chi connectivity index (χ1v) is 11.3. The van der Waals surface area contributed by atoms with Gasteiger partial charge in [-0.25, -0.2) is 8.42 Å². The quantitative estimate of drug-likeness (QED) is 0.330. The molecule has 1 aliphatic rings. The lowest BCUT2D eigenvalue weighted by atomic mass is 10.1. The number of guanidine groups is 1. The van der Waals surface area contributed by atoms with Crippen LogP contribution in [0, 0.1) is 0 Å². The maximum atomic E-state index is 12.8. The molecule has 0 unspecified atom stereocenters. The Morgan fingerprint density at radius 3 is 2.48 bits per heavy atom. The molecule has 6 nitrogen and oxygen atoms in total. The van der Waals surface area contributed by atoms with Crippen LogP contribution in [0.15, 0.2) is 53.5 Å². The van der Waals surface area contributed by atoms with Gasteiger partial charge in [-0.05, 0) is 35.6 Å². The molecule has 0 atom stereocenters. The van der Waals surface area contributed by atoms with Crippen LogP contribution in [-0.4, -0.2) is 40.3 Å². The van der Waals surface area contributed by atoms with Gasteiger partial charge < -0.3 is 10.6 Å². The van der Waals surface area contributed by atoms with Crippen molar-refractivity contribution < 1.29 is 8.42 Å². The molecule has 0 spiro atoms. The molecule has 0 bridgehead atoms. The molecule has 158 valence electrons. The molecule has 0 fully saturated rings. The minimum Gasteiger partial charge on any atom is -0.355 e. The largest absolute Gasteiger partial charge is 0.355 e. The molecule has 0 saturated heterocycles. The van der Waals surface area contributed by atoms with E-state index >= 15 is 0 Å². The number of halogens is 1. The van der Waals surface area contributed by atoms with Crippen LogP contribution in [0.1, 0.15) is 23.6 Å². The Balaban J connectivity index is 0.00000300. The van der Waals surface area contributed by atoms with Crippen LogP contribution in [0.5, 0.6) is 0 Å². The SMILES string of the molecule is CCc1ccccc1CNC(=NC)NCCS(=O)(=O)N1CCc2ccccc21.I. The van der Waals surface area contributed by atoms with Gasteiger partial charge >= 0.3 is 0 Å².